The Hall–Kier alpha value is -4.19. The van der Waals surface area contributed by atoms with Crippen molar-refractivity contribution in [3.63, 3.8) is 0 Å². The number of morpholine rings is 1. The minimum atomic E-state index is 0.00614. The molecule has 12 nitrogen and oxygen atoms in total. The van der Waals surface area contributed by atoms with E-state index in [2.05, 4.69) is 30.0 Å². The molecule has 0 bridgehead atoms. The predicted molar refractivity (Wildman–Crippen MR) is 132 cm³/mol. The number of nitrogen functional groups attached to an aromatic ring is 1. The lowest BCUT2D eigenvalue weighted by molar-refractivity contribution is 0.0712. The molecular weight excluding hydrogens is 460 g/mol. The van der Waals surface area contributed by atoms with Crippen LogP contribution in [0.5, 0.6) is 0 Å². The van der Waals surface area contributed by atoms with Crippen LogP contribution in [0, 0.1) is 0 Å². The lowest BCUT2D eigenvalue weighted by Gasteiger charge is -2.31. The van der Waals surface area contributed by atoms with Crippen LogP contribution in [0.2, 0.25) is 0 Å². The van der Waals surface area contributed by atoms with Crippen molar-refractivity contribution in [3.8, 4) is 11.3 Å². The Balaban J connectivity index is 1.33. The first-order valence-electron chi connectivity index (χ1n) is 12.0. The van der Waals surface area contributed by atoms with Crippen molar-refractivity contribution in [2.24, 2.45) is 0 Å². The summed E-state index contributed by atoms with van der Waals surface area (Å²) in [5.74, 6) is 0.981. The first-order chi connectivity index (χ1) is 17.7. The summed E-state index contributed by atoms with van der Waals surface area (Å²) in [4.78, 5) is 39.0. The van der Waals surface area contributed by atoms with Crippen molar-refractivity contribution in [3.05, 3.63) is 48.2 Å². The summed E-state index contributed by atoms with van der Waals surface area (Å²) < 4.78 is 5.49. The number of carbonyl (C=O) groups is 1. The Bertz CT molecular complexity index is 1360. The summed E-state index contributed by atoms with van der Waals surface area (Å²) in [5.41, 5.74) is 9.39. The lowest BCUT2D eigenvalue weighted by atomic mass is 9.91. The number of carbonyl (C=O) groups excluding carboxylic acids is 1. The largest absolute Gasteiger partial charge is 0.378 e. The maximum Gasteiger partial charge on any atom is 0.255 e. The van der Waals surface area contributed by atoms with Gasteiger partial charge in [-0.15, -0.1) is 0 Å². The Labute approximate surface area is 206 Å². The standard InChI is InChI=1S/C24H26N10O2/c25-23-27-13-17(14-28-23)19-18-20(31-32-21(18)30-24(29-19)34-8-10-36-11-9-34)15-3-6-33(7-4-15)22(35)16-2-1-5-26-12-16/h1-2,5,12-15H,3-4,6-11H2,(H2,25,27,28)(H,29,30,31,32). The smallest absolute Gasteiger partial charge is 0.255 e. The number of anilines is 2. The van der Waals surface area contributed by atoms with E-state index in [1.807, 2.05) is 4.90 Å². The second-order valence-electron chi connectivity index (χ2n) is 8.94. The number of ether oxygens (including phenoxy) is 1. The van der Waals surface area contributed by atoms with Gasteiger partial charge in [-0.3, -0.25) is 14.9 Å². The number of hydrogen-bond donors (Lipinski definition) is 2. The SMILES string of the molecule is Nc1ncc(-c2nc(N3CCOCC3)nc3[nH]nc(C4CCN(C(=O)c5cccnc5)CC4)c23)cn1. The van der Waals surface area contributed by atoms with Crippen LogP contribution in [0.1, 0.15) is 34.8 Å². The molecule has 0 unspecified atom stereocenters. The van der Waals surface area contributed by atoms with E-state index >= 15 is 0 Å². The van der Waals surface area contributed by atoms with Crippen LogP contribution in [0.15, 0.2) is 36.9 Å². The number of likely N-dealkylation sites (tertiary alicyclic amines) is 1. The van der Waals surface area contributed by atoms with Crippen LogP contribution < -0.4 is 10.6 Å². The molecule has 6 heterocycles. The van der Waals surface area contributed by atoms with Gasteiger partial charge in [0.2, 0.25) is 11.9 Å². The molecule has 4 aromatic rings. The van der Waals surface area contributed by atoms with Gasteiger partial charge < -0.3 is 20.3 Å². The number of nitrogens with one attached hydrogen (secondary N) is 1. The molecule has 2 aliphatic rings. The van der Waals surface area contributed by atoms with Gasteiger partial charge in [0.15, 0.2) is 5.65 Å². The normalized spacial score (nSPS) is 17.0. The van der Waals surface area contributed by atoms with E-state index in [-0.39, 0.29) is 17.8 Å². The fourth-order valence-corrected chi connectivity index (χ4v) is 4.84. The average Bonchev–Trinajstić information content (AvgIpc) is 3.38. The highest BCUT2D eigenvalue weighted by molar-refractivity contribution is 5.94. The number of fused-ring (bicyclic) bond motifs is 1. The van der Waals surface area contributed by atoms with E-state index in [9.17, 15) is 4.79 Å². The third-order valence-corrected chi connectivity index (χ3v) is 6.75. The minimum absolute atomic E-state index is 0.00614. The number of rotatable bonds is 4. The summed E-state index contributed by atoms with van der Waals surface area (Å²) in [7, 11) is 0. The number of amides is 1. The van der Waals surface area contributed by atoms with Crippen LogP contribution in [0.3, 0.4) is 0 Å². The van der Waals surface area contributed by atoms with E-state index in [4.69, 9.17) is 20.4 Å². The maximum atomic E-state index is 12.9. The molecule has 12 heteroatoms. The predicted octanol–water partition coefficient (Wildman–Crippen LogP) is 1.64. The summed E-state index contributed by atoms with van der Waals surface area (Å²) in [6.45, 7) is 3.97. The number of aromatic nitrogens is 7. The number of hydrogen-bond acceptors (Lipinski definition) is 10. The van der Waals surface area contributed by atoms with Crippen LogP contribution in [-0.2, 0) is 4.74 Å². The van der Waals surface area contributed by atoms with Gasteiger partial charge in [0.25, 0.3) is 5.91 Å². The molecule has 0 saturated carbocycles. The molecule has 184 valence electrons. The molecule has 4 aromatic heterocycles. The summed E-state index contributed by atoms with van der Waals surface area (Å²) in [6.07, 6.45) is 8.21. The summed E-state index contributed by atoms with van der Waals surface area (Å²) in [5, 5.41) is 8.68. The molecule has 6 rings (SSSR count). The zero-order valence-electron chi connectivity index (χ0n) is 19.7. The molecule has 0 spiro atoms. The molecule has 0 atom stereocenters. The Kier molecular flexibility index (Phi) is 5.85. The van der Waals surface area contributed by atoms with Crippen LogP contribution in [0.25, 0.3) is 22.3 Å². The second kappa shape index (κ2) is 9.46. The fourth-order valence-electron chi connectivity index (χ4n) is 4.84. The Morgan fingerprint density at radius 3 is 2.56 bits per heavy atom. The van der Waals surface area contributed by atoms with E-state index in [0.717, 1.165) is 35.2 Å². The Morgan fingerprint density at radius 1 is 1.06 bits per heavy atom. The molecular formula is C24H26N10O2. The monoisotopic (exact) mass is 486 g/mol. The number of H-pyrrole nitrogens is 1. The molecule has 2 aliphatic heterocycles. The van der Waals surface area contributed by atoms with Gasteiger partial charge in [-0.1, -0.05) is 0 Å². The van der Waals surface area contributed by atoms with Crippen molar-refractivity contribution in [2.45, 2.75) is 18.8 Å². The molecule has 1 amide bonds. The highest BCUT2D eigenvalue weighted by Crippen LogP contribution is 2.36. The third kappa shape index (κ3) is 4.19. The van der Waals surface area contributed by atoms with Crippen molar-refractivity contribution in [2.75, 3.05) is 50.0 Å². The molecule has 0 radical (unpaired) electrons. The van der Waals surface area contributed by atoms with Gasteiger partial charge >= 0.3 is 0 Å². The quantitative estimate of drug-likeness (QED) is 0.435. The van der Waals surface area contributed by atoms with Crippen molar-refractivity contribution < 1.29 is 9.53 Å². The van der Waals surface area contributed by atoms with E-state index < -0.39 is 0 Å². The van der Waals surface area contributed by atoms with Gasteiger partial charge in [-0.25, -0.2) is 15.0 Å². The zero-order valence-corrected chi connectivity index (χ0v) is 19.7. The topological polar surface area (TPSA) is 152 Å². The first kappa shape index (κ1) is 22.3. The van der Waals surface area contributed by atoms with Gasteiger partial charge in [0.05, 0.1) is 35.6 Å². The number of pyridine rings is 1. The maximum absolute atomic E-state index is 12.9. The van der Waals surface area contributed by atoms with Crippen LogP contribution in [0.4, 0.5) is 11.9 Å². The highest BCUT2D eigenvalue weighted by atomic mass is 16.5. The minimum Gasteiger partial charge on any atom is -0.378 e. The van der Waals surface area contributed by atoms with Crippen molar-refractivity contribution in [1.29, 1.82) is 0 Å². The van der Waals surface area contributed by atoms with Crippen molar-refractivity contribution in [1.82, 2.24) is 40.0 Å². The van der Waals surface area contributed by atoms with E-state index in [1.54, 1.807) is 36.9 Å². The highest BCUT2D eigenvalue weighted by Gasteiger charge is 2.30. The van der Waals surface area contributed by atoms with Gasteiger partial charge in [-0.05, 0) is 25.0 Å². The van der Waals surface area contributed by atoms with Crippen molar-refractivity contribution >= 4 is 28.8 Å². The van der Waals surface area contributed by atoms with E-state index in [0.29, 0.717) is 56.6 Å². The molecule has 0 aromatic carbocycles. The third-order valence-electron chi connectivity index (χ3n) is 6.75. The number of aromatic amines is 1. The lowest BCUT2D eigenvalue weighted by Crippen LogP contribution is -2.38. The zero-order chi connectivity index (χ0) is 24.5. The number of piperidine rings is 1. The first-order valence-corrected chi connectivity index (χ1v) is 12.0. The van der Waals surface area contributed by atoms with Gasteiger partial charge in [0.1, 0.15) is 0 Å². The van der Waals surface area contributed by atoms with E-state index in [1.165, 1.54) is 0 Å². The number of nitrogens with zero attached hydrogens (tertiary/aromatic N) is 8. The molecule has 2 saturated heterocycles. The molecule has 0 aliphatic carbocycles. The van der Waals surface area contributed by atoms with Crippen LogP contribution in [-0.4, -0.2) is 85.3 Å². The number of nitrogens with two attached hydrogens (primary N) is 1. The van der Waals surface area contributed by atoms with Crippen LogP contribution >= 0.6 is 0 Å². The Morgan fingerprint density at radius 2 is 1.83 bits per heavy atom. The molecule has 3 N–H and O–H groups in total. The fraction of sp³-hybridized carbons (Fsp3) is 0.375. The molecule has 2 fully saturated rings. The summed E-state index contributed by atoms with van der Waals surface area (Å²) in [6, 6.07) is 3.58. The second-order valence-corrected chi connectivity index (χ2v) is 8.94. The molecule has 36 heavy (non-hydrogen) atoms. The summed E-state index contributed by atoms with van der Waals surface area (Å²) >= 11 is 0. The van der Waals surface area contributed by atoms with Gasteiger partial charge in [0, 0.05) is 62.4 Å². The average molecular weight is 487 g/mol. The van der Waals surface area contributed by atoms with Gasteiger partial charge in [-0.2, -0.15) is 10.1 Å².